The second-order valence-electron chi connectivity index (χ2n) is 5.80. The third-order valence-corrected chi connectivity index (χ3v) is 6.82. The summed E-state index contributed by atoms with van der Waals surface area (Å²) >= 11 is 5.89. The average Bonchev–Trinajstić information content (AvgIpc) is 2.47. The van der Waals surface area contributed by atoms with E-state index in [1.165, 1.54) is 0 Å². The summed E-state index contributed by atoms with van der Waals surface area (Å²) in [7, 11) is -3.26. The Hall–Kier alpha value is 0.160. The highest BCUT2D eigenvalue weighted by Gasteiger charge is 2.35. The minimum absolute atomic E-state index is 0.317. The van der Waals surface area contributed by atoms with Crippen LogP contribution < -0.4 is 0 Å². The first-order valence-electron chi connectivity index (χ1n) is 7.39. The van der Waals surface area contributed by atoms with Gasteiger partial charge in [-0.3, -0.25) is 0 Å². The number of nitrogens with zero attached hydrogens (tertiary/aromatic N) is 2. The Kier molecular flexibility index (Phi) is 5.52. The molecule has 2 saturated heterocycles. The van der Waals surface area contributed by atoms with E-state index in [2.05, 4.69) is 6.92 Å². The SMILES string of the molecule is CCC1CCCN(S(=O)(=O)N2CCCC(CCl)C2)C1. The molecular weight excluding hydrogens is 284 g/mol. The lowest BCUT2D eigenvalue weighted by molar-refractivity contribution is 0.221. The third-order valence-electron chi connectivity index (χ3n) is 4.41. The van der Waals surface area contributed by atoms with Crippen LogP contribution in [0.1, 0.15) is 39.0 Å². The Bertz CT molecular complexity index is 358. The van der Waals surface area contributed by atoms with Crippen LogP contribution in [0.25, 0.3) is 0 Å². The van der Waals surface area contributed by atoms with Crippen LogP contribution in [0.3, 0.4) is 0 Å². The number of alkyl halides is 1. The van der Waals surface area contributed by atoms with Crippen molar-refractivity contribution < 1.29 is 8.42 Å². The summed E-state index contributed by atoms with van der Waals surface area (Å²) in [6.45, 7) is 4.77. The third kappa shape index (κ3) is 3.63. The minimum atomic E-state index is -3.26. The summed E-state index contributed by atoms with van der Waals surface area (Å²) in [5.74, 6) is 1.40. The van der Waals surface area contributed by atoms with E-state index in [0.29, 0.717) is 43.9 Å². The van der Waals surface area contributed by atoms with Crippen LogP contribution >= 0.6 is 11.6 Å². The van der Waals surface area contributed by atoms with Gasteiger partial charge in [-0.15, -0.1) is 11.6 Å². The van der Waals surface area contributed by atoms with Crippen molar-refractivity contribution in [1.29, 1.82) is 0 Å². The highest BCUT2D eigenvalue weighted by Crippen LogP contribution is 2.26. The fourth-order valence-corrected chi connectivity index (χ4v) is 5.19. The van der Waals surface area contributed by atoms with Gasteiger partial charge in [0.2, 0.25) is 0 Å². The predicted molar refractivity (Wildman–Crippen MR) is 78.5 cm³/mol. The van der Waals surface area contributed by atoms with Crippen LogP contribution in [0.5, 0.6) is 0 Å². The number of rotatable bonds is 4. The largest absolute Gasteiger partial charge is 0.281 e. The van der Waals surface area contributed by atoms with E-state index in [9.17, 15) is 8.42 Å². The van der Waals surface area contributed by atoms with E-state index in [0.717, 1.165) is 32.1 Å². The first-order chi connectivity index (χ1) is 9.07. The van der Waals surface area contributed by atoms with Crippen molar-refractivity contribution in [3.63, 3.8) is 0 Å². The lowest BCUT2D eigenvalue weighted by Gasteiger charge is -2.38. The van der Waals surface area contributed by atoms with Gasteiger partial charge in [0.25, 0.3) is 10.2 Å². The molecule has 0 aliphatic carbocycles. The Balaban J connectivity index is 2.04. The molecule has 0 radical (unpaired) electrons. The van der Waals surface area contributed by atoms with Crippen LogP contribution in [-0.2, 0) is 10.2 Å². The molecule has 0 amide bonds. The quantitative estimate of drug-likeness (QED) is 0.748. The minimum Gasteiger partial charge on any atom is -0.195 e. The number of hydrogen-bond donors (Lipinski definition) is 0. The van der Waals surface area contributed by atoms with Gasteiger partial charge in [-0.2, -0.15) is 17.0 Å². The molecule has 0 spiro atoms. The molecule has 2 aliphatic rings. The van der Waals surface area contributed by atoms with E-state index in [4.69, 9.17) is 11.6 Å². The second kappa shape index (κ2) is 6.74. The molecule has 6 heteroatoms. The molecule has 0 aromatic heterocycles. The molecule has 112 valence electrons. The maximum Gasteiger partial charge on any atom is 0.281 e. The molecule has 2 rings (SSSR count). The van der Waals surface area contributed by atoms with Crippen LogP contribution in [0.2, 0.25) is 0 Å². The molecule has 0 N–H and O–H groups in total. The van der Waals surface area contributed by atoms with Gasteiger partial charge in [-0.1, -0.05) is 13.3 Å². The molecular formula is C13H25ClN2O2S. The lowest BCUT2D eigenvalue weighted by Crippen LogP contribution is -2.51. The maximum absolute atomic E-state index is 12.7. The normalized spacial score (nSPS) is 31.5. The zero-order valence-corrected chi connectivity index (χ0v) is 13.3. The van der Waals surface area contributed by atoms with Gasteiger partial charge in [0, 0.05) is 32.1 Å². The highest BCUT2D eigenvalue weighted by molar-refractivity contribution is 7.86. The molecule has 2 unspecified atom stereocenters. The molecule has 0 aromatic carbocycles. The monoisotopic (exact) mass is 308 g/mol. The first kappa shape index (κ1) is 15.5. The fourth-order valence-electron chi connectivity index (χ4n) is 3.10. The predicted octanol–water partition coefficient (Wildman–Crippen LogP) is 2.30. The molecule has 19 heavy (non-hydrogen) atoms. The summed E-state index contributed by atoms with van der Waals surface area (Å²) in [6, 6.07) is 0. The van der Waals surface area contributed by atoms with Gasteiger partial charge in [-0.25, -0.2) is 0 Å². The average molecular weight is 309 g/mol. The van der Waals surface area contributed by atoms with Crippen molar-refractivity contribution in [2.75, 3.05) is 32.1 Å². The summed E-state index contributed by atoms with van der Waals surface area (Å²) < 4.78 is 28.7. The standard InChI is InChI=1S/C13H25ClN2O2S/c1-2-12-5-3-7-15(10-12)19(17,18)16-8-4-6-13(9-14)11-16/h12-13H,2-11H2,1H3. The number of piperidine rings is 2. The molecule has 2 heterocycles. The Morgan fingerprint density at radius 2 is 1.58 bits per heavy atom. The van der Waals surface area contributed by atoms with Crippen LogP contribution in [0.4, 0.5) is 0 Å². The van der Waals surface area contributed by atoms with Gasteiger partial charge >= 0.3 is 0 Å². The Labute approximate surface area is 122 Å². The zero-order chi connectivity index (χ0) is 13.9. The van der Waals surface area contributed by atoms with Crippen molar-refractivity contribution in [2.45, 2.75) is 39.0 Å². The van der Waals surface area contributed by atoms with E-state index in [1.807, 2.05) is 0 Å². The lowest BCUT2D eigenvalue weighted by atomic mass is 9.97. The number of hydrogen-bond acceptors (Lipinski definition) is 2. The van der Waals surface area contributed by atoms with Crippen molar-refractivity contribution in [3.8, 4) is 0 Å². The molecule has 4 nitrogen and oxygen atoms in total. The van der Waals surface area contributed by atoms with Gasteiger partial charge in [-0.05, 0) is 37.5 Å². The topological polar surface area (TPSA) is 40.6 Å². The van der Waals surface area contributed by atoms with Crippen molar-refractivity contribution >= 4 is 21.8 Å². The summed E-state index contributed by atoms with van der Waals surface area (Å²) in [4.78, 5) is 0. The fraction of sp³-hybridized carbons (Fsp3) is 1.00. The summed E-state index contributed by atoms with van der Waals surface area (Å²) in [5, 5.41) is 0. The molecule has 0 aromatic rings. The second-order valence-corrected chi connectivity index (χ2v) is 8.04. The molecule has 0 bridgehead atoms. The van der Waals surface area contributed by atoms with Crippen LogP contribution in [-0.4, -0.2) is 49.1 Å². The van der Waals surface area contributed by atoms with Gasteiger partial charge in [0.05, 0.1) is 0 Å². The molecule has 0 saturated carbocycles. The molecule has 2 atom stereocenters. The van der Waals surface area contributed by atoms with Crippen molar-refractivity contribution in [3.05, 3.63) is 0 Å². The zero-order valence-electron chi connectivity index (χ0n) is 11.7. The van der Waals surface area contributed by atoms with Crippen molar-refractivity contribution in [1.82, 2.24) is 8.61 Å². The van der Waals surface area contributed by atoms with Crippen LogP contribution in [0.15, 0.2) is 0 Å². The van der Waals surface area contributed by atoms with Gasteiger partial charge in [0.1, 0.15) is 0 Å². The van der Waals surface area contributed by atoms with E-state index >= 15 is 0 Å². The first-order valence-corrected chi connectivity index (χ1v) is 9.32. The smallest absolute Gasteiger partial charge is 0.195 e. The summed E-state index contributed by atoms with van der Waals surface area (Å²) in [5.41, 5.74) is 0. The molecule has 2 fully saturated rings. The van der Waals surface area contributed by atoms with E-state index < -0.39 is 10.2 Å². The maximum atomic E-state index is 12.7. The van der Waals surface area contributed by atoms with E-state index in [-0.39, 0.29) is 0 Å². The number of halogens is 1. The Morgan fingerprint density at radius 1 is 1.05 bits per heavy atom. The van der Waals surface area contributed by atoms with E-state index in [1.54, 1.807) is 8.61 Å². The molecule has 2 aliphatic heterocycles. The van der Waals surface area contributed by atoms with Crippen LogP contribution in [0, 0.1) is 11.8 Å². The summed E-state index contributed by atoms with van der Waals surface area (Å²) in [6.07, 6.45) is 5.20. The van der Waals surface area contributed by atoms with Gasteiger partial charge < -0.3 is 0 Å². The van der Waals surface area contributed by atoms with Crippen molar-refractivity contribution in [2.24, 2.45) is 11.8 Å². The highest BCUT2D eigenvalue weighted by atomic mass is 35.5. The Morgan fingerprint density at radius 3 is 2.11 bits per heavy atom. The van der Waals surface area contributed by atoms with Gasteiger partial charge in [0.15, 0.2) is 0 Å².